The molecule has 0 amide bonds. The van der Waals surface area contributed by atoms with E-state index in [9.17, 15) is 13.2 Å². The van der Waals surface area contributed by atoms with Crippen LogP contribution in [0, 0.1) is 6.92 Å². The number of rotatable bonds is 3. The number of alkyl halides is 3. The molecular formula is C18H18ClF3N2O. The van der Waals surface area contributed by atoms with Gasteiger partial charge >= 0.3 is 6.18 Å². The lowest BCUT2D eigenvalue weighted by atomic mass is 10.1. The predicted octanol–water partition coefficient (Wildman–Crippen LogP) is 5.11. The molecule has 0 atom stereocenters. The van der Waals surface area contributed by atoms with Gasteiger partial charge in [-0.05, 0) is 37.3 Å². The van der Waals surface area contributed by atoms with Gasteiger partial charge < -0.3 is 9.64 Å². The molecule has 0 N–H and O–H groups in total. The number of nitrogens with zero attached hydrogens (tertiary/aromatic N) is 2. The molecule has 0 radical (unpaired) electrons. The van der Waals surface area contributed by atoms with Gasteiger partial charge in [-0.15, -0.1) is 0 Å². The van der Waals surface area contributed by atoms with Gasteiger partial charge in [-0.25, -0.2) is 4.98 Å². The molecule has 1 aromatic carbocycles. The van der Waals surface area contributed by atoms with Crippen molar-refractivity contribution in [2.24, 2.45) is 0 Å². The van der Waals surface area contributed by atoms with Crippen molar-refractivity contribution in [1.29, 1.82) is 0 Å². The number of aromatic nitrogens is 1. The van der Waals surface area contributed by atoms with Crippen molar-refractivity contribution >= 4 is 17.3 Å². The Morgan fingerprint density at radius 2 is 1.76 bits per heavy atom. The van der Waals surface area contributed by atoms with E-state index in [1.54, 1.807) is 6.20 Å². The van der Waals surface area contributed by atoms with Crippen LogP contribution in [0.2, 0.25) is 5.15 Å². The topological polar surface area (TPSA) is 25.4 Å². The van der Waals surface area contributed by atoms with Crippen molar-refractivity contribution in [3.05, 3.63) is 52.8 Å². The third kappa shape index (κ3) is 4.18. The highest BCUT2D eigenvalue weighted by Gasteiger charge is 2.30. The molecule has 1 aromatic heterocycles. The molecule has 1 saturated heterocycles. The summed E-state index contributed by atoms with van der Waals surface area (Å²) in [4.78, 5) is 6.29. The van der Waals surface area contributed by atoms with Crippen molar-refractivity contribution in [3.63, 3.8) is 0 Å². The van der Waals surface area contributed by atoms with Crippen LogP contribution in [0.15, 0.2) is 36.5 Å². The van der Waals surface area contributed by atoms with Gasteiger partial charge in [0.05, 0.1) is 5.56 Å². The van der Waals surface area contributed by atoms with Crippen LogP contribution in [-0.4, -0.2) is 24.2 Å². The van der Waals surface area contributed by atoms with Crippen molar-refractivity contribution in [3.8, 4) is 5.75 Å². The molecule has 2 aromatic rings. The normalized spacial score (nSPS) is 16.1. The van der Waals surface area contributed by atoms with E-state index in [2.05, 4.69) is 9.88 Å². The Kier molecular flexibility index (Phi) is 5.08. The highest BCUT2D eigenvalue weighted by atomic mass is 35.5. The Morgan fingerprint density at radius 1 is 1.12 bits per heavy atom. The lowest BCUT2D eigenvalue weighted by Crippen LogP contribution is -2.38. The molecule has 2 heterocycles. The number of hydrogen-bond donors (Lipinski definition) is 0. The van der Waals surface area contributed by atoms with Gasteiger partial charge in [0, 0.05) is 43.4 Å². The number of hydrogen-bond acceptors (Lipinski definition) is 3. The Morgan fingerprint density at radius 3 is 2.36 bits per heavy atom. The molecule has 3 nitrogen and oxygen atoms in total. The average molecular weight is 371 g/mol. The van der Waals surface area contributed by atoms with Crippen molar-refractivity contribution < 1.29 is 17.9 Å². The summed E-state index contributed by atoms with van der Waals surface area (Å²) in [6, 6.07) is 6.79. The lowest BCUT2D eigenvalue weighted by Gasteiger charge is -2.34. The molecular weight excluding hydrogens is 353 g/mol. The third-order valence-electron chi connectivity index (χ3n) is 4.38. The number of halogens is 4. The molecule has 25 heavy (non-hydrogen) atoms. The minimum Gasteiger partial charge on any atom is -0.490 e. The van der Waals surface area contributed by atoms with Gasteiger partial charge in [-0.2, -0.15) is 13.2 Å². The molecule has 0 aliphatic carbocycles. The SMILES string of the molecule is Cc1c(N2CCC(Oc3ccc(C(F)(F)F)cc3)CC2)ccnc1Cl. The lowest BCUT2D eigenvalue weighted by molar-refractivity contribution is -0.137. The zero-order valence-electron chi connectivity index (χ0n) is 13.7. The zero-order chi connectivity index (χ0) is 18.0. The summed E-state index contributed by atoms with van der Waals surface area (Å²) >= 11 is 6.07. The fourth-order valence-corrected chi connectivity index (χ4v) is 3.13. The quantitative estimate of drug-likeness (QED) is 0.702. The highest BCUT2D eigenvalue weighted by Crippen LogP contribution is 2.31. The van der Waals surface area contributed by atoms with Crippen LogP contribution in [0.4, 0.5) is 18.9 Å². The Hall–Kier alpha value is -1.95. The first-order valence-corrected chi connectivity index (χ1v) is 8.42. The van der Waals surface area contributed by atoms with Gasteiger partial charge in [-0.1, -0.05) is 11.6 Å². The Bertz CT molecular complexity index is 726. The summed E-state index contributed by atoms with van der Waals surface area (Å²) in [5, 5.41) is 0.501. The Balaban J connectivity index is 1.58. The summed E-state index contributed by atoms with van der Waals surface area (Å²) in [5.41, 5.74) is 1.35. The van der Waals surface area contributed by atoms with Crippen LogP contribution in [0.1, 0.15) is 24.0 Å². The van der Waals surface area contributed by atoms with Crippen LogP contribution in [0.3, 0.4) is 0 Å². The van der Waals surface area contributed by atoms with E-state index >= 15 is 0 Å². The molecule has 0 saturated carbocycles. The number of pyridine rings is 1. The van der Waals surface area contributed by atoms with E-state index in [-0.39, 0.29) is 6.10 Å². The summed E-state index contributed by atoms with van der Waals surface area (Å²) < 4.78 is 43.6. The van der Waals surface area contributed by atoms with Gasteiger partial charge in [0.15, 0.2) is 0 Å². The first kappa shape index (κ1) is 17.9. The van der Waals surface area contributed by atoms with Crippen molar-refractivity contribution in [1.82, 2.24) is 4.98 Å². The first-order chi connectivity index (χ1) is 11.8. The minimum absolute atomic E-state index is 0.00870. The minimum atomic E-state index is -4.33. The summed E-state index contributed by atoms with van der Waals surface area (Å²) in [6.45, 7) is 3.54. The molecule has 0 bridgehead atoms. The standard InChI is InChI=1S/C18H18ClF3N2O/c1-12-16(6-9-23-17(12)19)24-10-7-15(8-11-24)25-14-4-2-13(3-5-14)18(20,21)22/h2-6,9,15H,7-8,10-11H2,1H3. The van der Waals surface area contributed by atoms with E-state index in [4.69, 9.17) is 16.3 Å². The molecule has 3 rings (SSSR count). The fraction of sp³-hybridized carbons (Fsp3) is 0.389. The maximum absolute atomic E-state index is 12.6. The number of anilines is 1. The van der Waals surface area contributed by atoms with E-state index in [1.165, 1.54) is 12.1 Å². The smallest absolute Gasteiger partial charge is 0.416 e. The van der Waals surface area contributed by atoms with Gasteiger partial charge in [-0.3, -0.25) is 0 Å². The zero-order valence-corrected chi connectivity index (χ0v) is 14.4. The fourth-order valence-electron chi connectivity index (χ4n) is 2.97. The second-order valence-corrected chi connectivity index (χ2v) is 6.43. The third-order valence-corrected chi connectivity index (χ3v) is 4.76. The largest absolute Gasteiger partial charge is 0.490 e. The number of piperidine rings is 1. The van der Waals surface area contributed by atoms with Crippen LogP contribution < -0.4 is 9.64 Å². The van der Waals surface area contributed by atoms with Crippen LogP contribution in [0.5, 0.6) is 5.75 Å². The molecule has 0 spiro atoms. The second-order valence-electron chi connectivity index (χ2n) is 6.07. The second kappa shape index (κ2) is 7.12. The van der Waals surface area contributed by atoms with E-state index in [0.717, 1.165) is 49.3 Å². The van der Waals surface area contributed by atoms with Crippen LogP contribution in [-0.2, 0) is 6.18 Å². The summed E-state index contributed by atoms with van der Waals surface area (Å²) in [6.07, 6.45) is -1.06. The maximum atomic E-state index is 12.6. The maximum Gasteiger partial charge on any atom is 0.416 e. The highest BCUT2D eigenvalue weighted by molar-refractivity contribution is 6.30. The van der Waals surface area contributed by atoms with E-state index in [0.29, 0.717) is 10.9 Å². The van der Waals surface area contributed by atoms with E-state index in [1.807, 2.05) is 13.0 Å². The summed E-state index contributed by atoms with van der Waals surface area (Å²) in [5.74, 6) is 0.467. The van der Waals surface area contributed by atoms with Crippen LogP contribution >= 0.6 is 11.6 Å². The average Bonchev–Trinajstić information content (AvgIpc) is 2.58. The van der Waals surface area contributed by atoms with Gasteiger partial charge in [0.25, 0.3) is 0 Å². The van der Waals surface area contributed by atoms with E-state index < -0.39 is 11.7 Å². The molecule has 1 aliphatic rings. The molecule has 7 heteroatoms. The molecule has 134 valence electrons. The predicted molar refractivity (Wildman–Crippen MR) is 91.3 cm³/mol. The molecule has 1 fully saturated rings. The molecule has 1 aliphatic heterocycles. The molecule has 0 unspecified atom stereocenters. The Labute approximate surface area is 149 Å². The van der Waals surface area contributed by atoms with Gasteiger partial charge in [0.2, 0.25) is 0 Å². The number of benzene rings is 1. The number of ether oxygens (including phenoxy) is 1. The first-order valence-electron chi connectivity index (χ1n) is 8.04. The summed E-state index contributed by atoms with van der Waals surface area (Å²) in [7, 11) is 0. The van der Waals surface area contributed by atoms with Crippen LogP contribution in [0.25, 0.3) is 0 Å². The van der Waals surface area contributed by atoms with Crippen molar-refractivity contribution in [2.45, 2.75) is 32.0 Å². The van der Waals surface area contributed by atoms with Gasteiger partial charge in [0.1, 0.15) is 17.0 Å². The monoisotopic (exact) mass is 370 g/mol. The van der Waals surface area contributed by atoms with Crippen molar-refractivity contribution in [2.75, 3.05) is 18.0 Å².